The Bertz CT molecular complexity index is 649. The Morgan fingerprint density at radius 2 is 1.33 bits per heavy atom. The van der Waals surface area contributed by atoms with Crippen LogP contribution in [-0.4, -0.2) is 30.6 Å². The summed E-state index contributed by atoms with van der Waals surface area (Å²) in [5.41, 5.74) is 5.38. The van der Waals surface area contributed by atoms with Gasteiger partial charge in [-0.25, -0.2) is 9.59 Å². The first kappa shape index (κ1) is 19.7. The molecule has 3 amide bonds. The number of benzene rings is 1. The molecule has 6 heteroatoms. The number of carbonyl (C=O) groups is 3. The summed E-state index contributed by atoms with van der Waals surface area (Å²) in [5.74, 6) is -1.23. The van der Waals surface area contributed by atoms with E-state index in [4.69, 9.17) is 4.74 Å². The summed E-state index contributed by atoms with van der Waals surface area (Å²) in [6.07, 6.45) is 0. The minimum atomic E-state index is -0.669. The van der Waals surface area contributed by atoms with E-state index in [0.717, 1.165) is 27.8 Å². The highest BCUT2D eigenvalue weighted by Gasteiger charge is 2.20. The van der Waals surface area contributed by atoms with Crippen LogP contribution in [0.3, 0.4) is 0 Å². The first-order valence-electron chi connectivity index (χ1n) is 7.90. The second-order valence-corrected chi connectivity index (χ2v) is 6.25. The molecule has 2 N–H and O–H groups in total. The maximum Gasteiger partial charge on any atom is 0.339 e. The fraction of sp³-hybridized carbons (Fsp3) is 0.500. The number of hydrogen-bond acceptors (Lipinski definition) is 4. The molecule has 0 atom stereocenters. The van der Waals surface area contributed by atoms with Crippen molar-refractivity contribution in [2.45, 2.75) is 54.5 Å². The van der Waals surface area contributed by atoms with Crippen LogP contribution in [0.1, 0.15) is 52.0 Å². The molecule has 0 bridgehead atoms. The fourth-order valence-electron chi connectivity index (χ4n) is 2.47. The first-order chi connectivity index (χ1) is 11.1. The van der Waals surface area contributed by atoms with Gasteiger partial charge in [-0.15, -0.1) is 0 Å². The third-order valence-corrected chi connectivity index (χ3v) is 4.21. The normalized spacial score (nSPS) is 10.5. The number of urea groups is 1. The van der Waals surface area contributed by atoms with E-state index in [-0.39, 0.29) is 6.04 Å². The second kappa shape index (κ2) is 7.95. The minimum absolute atomic E-state index is 0.0934. The quantitative estimate of drug-likeness (QED) is 0.829. The van der Waals surface area contributed by atoms with Gasteiger partial charge in [0.1, 0.15) is 0 Å². The molecule has 1 rings (SSSR count). The second-order valence-electron chi connectivity index (χ2n) is 6.25. The number of amides is 3. The van der Waals surface area contributed by atoms with Gasteiger partial charge in [0.05, 0.1) is 5.56 Å². The topological polar surface area (TPSA) is 84.5 Å². The van der Waals surface area contributed by atoms with Crippen molar-refractivity contribution >= 4 is 17.9 Å². The van der Waals surface area contributed by atoms with Crippen LogP contribution in [0, 0.1) is 34.6 Å². The Kier molecular flexibility index (Phi) is 6.51. The van der Waals surface area contributed by atoms with Gasteiger partial charge in [-0.1, -0.05) is 0 Å². The summed E-state index contributed by atoms with van der Waals surface area (Å²) in [5, 5.41) is 4.63. The highest BCUT2D eigenvalue weighted by molar-refractivity contribution is 5.98. The third kappa shape index (κ3) is 4.57. The Labute approximate surface area is 143 Å². The molecule has 0 radical (unpaired) electrons. The van der Waals surface area contributed by atoms with E-state index in [0.29, 0.717) is 5.56 Å². The van der Waals surface area contributed by atoms with Crippen molar-refractivity contribution in [3.63, 3.8) is 0 Å². The van der Waals surface area contributed by atoms with E-state index >= 15 is 0 Å². The van der Waals surface area contributed by atoms with Crippen molar-refractivity contribution in [2.24, 2.45) is 0 Å². The van der Waals surface area contributed by atoms with Crippen LogP contribution in [0.5, 0.6) is 0 Å². The molecular weight excluding hydrogens is 308 g/mol. The van der Waals surface area contributed by atoms with Crippen molar-refractivity contribution in [1.29, 1.82) is 0 Å². The molecule has 24 heavy (non-hydrogen) atoms. The molecule has 6 nitrogen and oxygen atoms in total. The standard InChI is InChI=1S/C18H26N2O4/c1-9(2)19-18(23)20-15(21)8-24-17(22)16-13(6)11(4)10(3)12(5)14(16)7/h9H,8H2,1-7H3,(H2,19,20,21,23). The lowest BCUT2D eigenvalue weighted by atomic mass is 9.90. The lowest BCUT2D eigenvalue weighted by molar-refractivity contribution is -0.123. The van der Waals surface area contributed by atoms with Gasteiger partial charge in [-0.2, -0.15) is 0 Å². The Morgan fingerprint density at radius 3 is 1.79 bits per heavy atom. The van der Waals surface area contributed by atoms with Crippen molar-refractivity contribution in [3.8, 4) is 0 Å². The molecule has 132 valence electrons. The van der Waals surface area contributed by atoms with Crippen LogP contribution in [0.2, 0.25) is 0 Å². The summed E-state index contributed by atoms with van der Waals surface area (Å²) in [6.45, 7) is 12.7. The van der Waals surface area contributed by atoms with Crippen molar-refractivity contribution < 1.29 is 19.1 Å². The van der Waals surface area contributed by atoms with Crippen molar-refractivity contribution in [3.05, 3.63) is 33.4 Å². The molecule has 0 aliphatic carbocycles. The molecule has 0 saturated carbocycles. The molecule has 0 spiro atoms. The molecule has 0 aromatic heterocycles. The number of ether oxygens (including phenoxy) is 1. The minimum Gasteiger partial charge on any atom is -0.452 e. The zero-order valence-electron chi connectivity index (χ0n) is 15.4. The van der Waals surface area contributed by atoms with E-state index in [1.807, 2.05) is 34.6 Å². The molecule has 0 heterocycles. The summed E-state index contributed by atoms with van der Waals surface area (Å²) in [4.78, 5) is 35.5. The molecule has 0 unspecified atom stereocenters. The molecule has 0 saturated heterocycles. The number of hydrogen-bond donors (Lipinski definition) is 2. The van der Waals surface area contributed by atoms with Crippen LogP contribution in [-0.2, 0) is 9.53 Å². The monoisotopic (exact) mass is 334 g/mol. The largest absolute Gasteiger partial charge is 0.452 e. The highest BCUT2D eigenvalue weighted by Crippen LogP contribution is 2.26. The van der Waals surface area contributed by atoms with Crippen LogP contribution in [0.25, 0.3) is 0 Å². The third-order valence-electron chi connectivity index (χ3n) is 4.21. The van der Waals surface area contributed by atoms with E-state index < -0.39 is 24.5 Å². The van der Waals surface area contributed by atoms with Crippen molar-refractivity contribution in [1.82, 2.24) is 10.6 Å². The lowest BCUT2D eigenvalue weighted by Crippen LogP contribution is -2.44. The lowest BCUT2D eigenvalue weighted by Gasteiger charge is -2.17. The Hall–Kier alpha value is -2.37. The number of carbonyl (C=O) groups excluding carboxylic acids is 3. The Morgan fingerprint density at radius 1 is 0.875 bits per heavy atom. The van der Waals surface area contributed by atoms with Crippen LogP contribution in [0.15, 0.2) is 0 Å². The van der Waals surface area contributed by atoms with Crippen LogP contribution >= 0.6 is 0 Å². The molecule has 1 aromatic carbocycles. The van der Waals surface area contributed by atoms with E-state index in [1.165, 1.54) is 0 Å². The summed E-state index contributed by atoms with van der Waals surface area (Å²) in [6, 6.07) is -0.704. The number of esters is 1. The number of rotatable bonds is 4. The van der Waals surface area contributed by atoms with E-state index in [2.05, 4.69) is 10.6 Å². The van der Waals surface area contributed by atoms with E-state index in [1.54, 1.807) is 13.8 Å². The predicted molar refractivity (Wildman–Crippen MR) is 92.2 cm³/mol. The Balaban J connectivity index is 2.80. The van der Waals surface area contributed by atoms with Crippen LogP contribution in [0.4, 0.5) is 4.79 Å². The summed E-state index contributed by atoms with van der Waals surface area (Å²) in [7, 11) is 0. The van der Waals surface area contributed by atoms with E-state index in [9.17, 15) is 14.4 Å². The van der Waals surface area contributed by atoms with Crippen LogP contribution < -0.4 is 10.6 Å². The van der Waals surface area contributed by atoms with Gasteiger partial charge in [-0.05, 0) is 76.3 Å². The summed E-state index contributed by atoms with van der Waals surface area (Å²) < 4.78 is 5.08. The molecule has 0 fully saturated rings. The smallest absolute Gasteiger partial charge is 0.339 e. The average molecular weight is 334 g/mol. The van der Waals surface area contributed by atoms with Crippen molar-refractivity contribution in [2.75, 3.05) is 6.61 Å². The van der Waals surface area contributed by atoms with Gasteiger partial charge >= 0.3 is 12.0 Å². The number of imide groups is 1. The summed E-state index contributed by atoms with van der Waals surface area (Å²) >= 11 is 0. The van der Waals surface area contributed by atoms with Gasteiger partial charge in [0.25, 0.3) is 5.91 Å². The zero-order chi connectivity index (χ0) is 18.6. The maximum absolute atomic E-state index is 12.4. The average Bonchev–Trinajstić information content (AvgIpc) is 2.48. The molecule has 1 aromatic rings. The predicted octanol–water partition coefficient (Wildman–Crippen LogP) is 2.62. The van der Waals surface area contributed by atoms with Gasteiger partial charge in [-0.3, -0.25) is 10.1 Å². The number of nitrogens with one attached hydrogen (secondary N) is 2. The van der Waals surface area contributed by atoms with Gasteiger partial charge < -0.3 is 10.1 Å². The maximum atomic E-state index is 12.4. The highest BCUT2D eigenvalue weighted by atomic mass is 16.5. The van der Waals surface area contributed by atoms with Gasteiger partial charge in [0, 0.05) is 6.04 Å². The molecular formula is C18H26N2O4. The van der Waals surface area contributed by atoms with Gasteiger partial charge in [0.15, 0.2) is 6.61 Å². The van der Waals surface area contributed by atoms with Gasteiger partial charge in [0.2, 0.25) is 0 Å². The molecule has 0 aliphatic rings. The zero-order valence-corrected chi connectivity index (χ0v) is 15.4. The SMILES string of the molecule is Cc1c(C)c(C)c(C(=O)OCC(=O)NC(=O)NC(C)C)c(C)c1C. The molecule has 0 aliphatic heterocycles. The fourth-order valence-corrected chi connectivity index (χ4v) is 2.47. The first-order valence-corrected chi connectivity index (χ1v) is 7.90.